The van der Waals surface area contributed by atoms with E-state index >= 15 is 0 Å². The van der Waals surface area contributed by atoms with Crippen LogP contribution in [0.5, 0.6) is 0 Å². The van der Waals surface area contributed by atoms with Gasteiger partial charge in [-0.15, -0.1) is 11.3 Å². The molecule has 0 amide bonds. The molecule has 0 aliphatic rings. The molecule has 0 aromatic carbocycles. The number of aryl methyl sites for hydroxylation is 1. The first-order valence-electron chi connectivity index (χ1n) is 4.15. The van der Waals surface area contributed by atoms with E-state index in [1.807, 2.05) is 5.51 Å². The molecule has 62 valence electrons. The summed E-state index contributed by atoms with van der Waals surface area (Å²) in [6.07, 6.45) is 2.26. The molecule has 1 aromatic rings. The van der Waals surface area contributed by atoms with E-state index in [4.69, 9.17) is 0 Å². The molecule has 1 heterocycles. The van der Waals surface area contributed by atoms with E-state index in [9.17, 15) is 0 Å². The highest BCUT2D eigenvalue weighted by molar-refractivity contribution is 7.09. The summed E-state index contributed by atoms with van der Waals surface area (Å²) in [7, 11) is 0. The van der Waals surface area contributed by atoms with Gasteiger partial charge in [0.2, 0.25) is 0 Å². The summed E-state index contributed by atoms with van der Waals surface area (Å²) in [5.41, 5.74) is 3.25. The van der Waals surface area contributed by atoms with Gasteiger partial charge in [0.05, 0.1) is 11.2 Å². The van der Waals surface area contributed by atoms with Crippen molar-refractivity contribution in [3.63, 3.8) is 0 Å². The smallest absolute Gasteiger partial charge is 0.0797 e. The fourth-order valence-corrected chi connectivity index (χ4v) is 2.19. The van der Waals surface area contributed by atoms with Gasteiger partial charge in [-0.1, -0.05) is 20.8 Å². The molecule has 0 aliphatic carbocycles. The van der Waals surface area contributed by atoms with Gasteiger partial charge in [0, 0.05) is 4.88 Å². The Morgan fingerprint density at radius 3 is 2.82 bits per heavy atom. The minimum absolute atomic E-state index is 0.751. The monoisotopic (exact) mass is 169 g/mol. The Kier molecular flexibility index (Phi) is 3.06. The molecule has 0 saturated carbocycles. The lowest BCUT2D eigenvalue weighted by atomic mass is 10.1. The van der Waals surface area contributed by atoms with Crippen LogP contribution in [0.15, 0.2) is 5.51 Å². The normalized spacial score (nSPS) is 10.9. The second kappa shape index (κ2) is 3.86. The molecule has 0 bridgehead atoms. The zero-order valence-electron chi connectivity index (χ0n) is 7.42. The highest BCUT2D eigenvalue weighted by Gasteiger charge is 2.05. The molecule has 11 heavy (non-hydrogen) atoms. The maximum Gasteiger partial charge on any atom is 0.0797 e. The van der Waals surface area contributed by atoms with Gasteiger partial charge in [-0.2, -0.15) is 0 Å². The summed E-state index contributed by atoms with van der Waals surface area (Å²) in [5, 5.41) is 0. The fraction of sp³-hybridized carbons (Fsp3) is 0.667. The Labute approximate surface area is 72.5 Å². The van der Waals surface area contributed by atoms with Crippen molar-refractivity contribution in [2.75, 3.05) is 0 Å². The van der Waals surface area contributed by atoms with Crippen molar-refractivity contribution in [1.82, 2.24) is 4.98 Å². The van der Waals surface area contributed by atoms with E-state index in [2.05, 4.69) is 25.8 Å². The van der Waals surface area contributed by atoms with Crippen LogP contribution in [0, 0.1) is 5.92 Å². The van der Waals surface area contributed by atoms with Gasteiger partial charge >= 0.3 is 0 Å². The maximum absolute atomic E-state index is 4.31. The van der Waals surface area contributed by atoms with Crippen LogP contribution in [-0.4, -0.2) is 4.98 Å². The first-order valence-corrected chi connectivity index (χ1v) is 5.03. The Morgan fingerprint density at radius 1 is 1.55 bits per heavy atom. The maximum atomic E-state index is 4.31. The van der Waals surface area contributed by atoms with Crippen LogP contribution in [0.1, 0.15) is 31.3 Å². The van der Waals surface area contributed by atoms with Crippen LogP contribution < -0.4 is 0 Å². The third-order valence-electron chi connectivity index (χ3n) is 1.65. The highest BCUT2D eigenvalue weighted by Crippen LogP contribution is 2.17. The molecular formula is C9H15NS. The second-order valence-corrected chi connectivity index (χ2v) is 4.11. The predicted octanol–water partition coefficient (Wildman–Crippen LogP) is 2.90. The van der Waals surface area contributed by atoms with Crippen molar-refractivity contribution in [3.8, 4) is 0 Å². The first-order chi connectivity index (χ1) is 5.24. The molecular weight excluding hydrogens is 154 g/mol. The summed E-state index contributed by atoms with van der Waals surface area (Å²) in [6.45, 7) is 6.66. The van der Waals surface area contributed by atoms with Crippen LogP contribution >= 0.6 is 11.3 Å². The van der Waals surface area contributed by atoms with Crippen molar-refractivity contribution in [3.05, 3.63) is 16.1 Å². The van der Waals surface area contributed by atoms with Gasteiger partial charge in [0.1, 0.15) is 0 Å². The van der Waals surface area contributed by atoms with E-state index in [1.54, 1.807) is 11.3 Å². The summed E-state index contributed by atoms with van der Waals surface area (Å²) >= 11 is 1.79. The molecule has 2 heteroatoms. The van der Waals surface area contributed by atoms with E-state index in [0.29, 0.717) is 0 Å². The number of hydrogen-bond acceptors (Lipinski definition) is 2. The lowest BCUT2D eigenvalue weighted by Gasteiger charge is -2.02. The molecule has 0 atom stereocenters. The Morgan fingerprint density at radius 2 is 2.27 bits per heavy atom. The third kappa shape index (κ3) is 2.29. The van der Waals surface area contributed by atoms with Crippen LogP contribution in [0.2, 0.25) is 0 Å². The minimum atomic E-state index is 0.751. The molecule has 0 N–H and O–H groups in total. The van der Waals surface area contributed by atoms with Crippen LogP contribution in [0.25, 0.3) is 0 Å². The summed E-state index contributed by atoms with van der Waals surface area (Å²) < 4.78 is 0. The van der Waals surface area contributed by atoms with Gasteiger partial charge in [-0.05, 0) is 18.8 Å². The van der Waals surface area contributed by atoms with E-state index in [0.717, 1.165) is 12.3 Å². The van der Waals surface area contributed by atoms with Gasteiger partial charge in [0.15, 0.2) is 0 Å². The Balaban J connectivity index is 2.68. The minimum Gasteiger partial charge on any atom is -0.249 e. The van der Waals surface area contributed by atoms with Gasteiger partial charge < -0.3 is 0 Å². The van der Waals surface area contributed by atoms with E-state index in [-0.39, 0.29) is 0 Å². The van der Waals surface area contributed by atoms with E-state index < -0.39 is 0 Å². The summed E-state index contributed by atoms with van der Waals surface area (Å²) in [5.74, 6) is 0.751. The lowest BCUT2D eigenvalue weighted by Crippen LogP contribution is -1.95. The SMILES string of the molecule is CCc1ncsc1CC(C)C. The third-order valence-corrected chi connectivity index (χ3v) is 2.55. The highest BCUT2D eigenvalue weighted by atomic mass is 32.1. The number of rotatable bonds is 3. The van der Waals surface area contributed by atoms with Crippen LogP contribution in [0.4, 0.5) is 0 Å². The Hall–Kier alpha value is -0.370. The molecule has 1 rings (SSSR count). The largest absolute Gasteiger partial charge is 0.249 e. The van der Waals surface area contributed by atoms with Crippen molar-refractivity contribution < 1.29 is 0 Å². The van der Waals surface area contributed by atoms with E-state index in [1.165, 1.54) is 17.0 Å². The van der Waals surface area contributed by atoms with Crippen molar-refractivity contribution in [1.29, 1.82) is 0 Å². The molecule has 0 fully saturated rings. The molecule has 1 aromatic heterocycles. The molecule has 0 radical (unpaired) electrons. The van der Waals surface area contributed by atoms with Crippen LogP contribution in [-0.2, 0) is 12.8 Å². The topological polar surface area (TPSA) is 12.9 Å². The van der Waals surface area contributed by atoms with Crippen molar-refractivity contribution in [2.45, 2.75) is 33.6 Å². The number of hydrogen-bond donors (Lipinski definition) is 0. The lowest BCUT2D eigenvalue weighted by molar-refractivity contribution is 0.649. The number of aromatic nitrogens is 1. The van der Waals surface area contributed by atoms with Gasteiger partial charge in [-0.3, -0.25) is 0 Å². The first kappa shape index (κ1) is 8.72. The predicted molar refractivity (Wildman–Crippen MR) is 50.0 cm³/mol. The summed E-state index contributed by atoms with van der Waals surface area (Å²) in [4.78, 5) is 5.78. The average Bonchev–Trinajstić information content (AvgIpc) is 2.34. The molecule has 1 nitrogen and oxygen atoms in total. The molecule has 0 unspecified atom stereocenters. The fourth-order valence-electron chi connectivity index (χ4n) is 1.12. The van der Waals surface area contributed by atoms with Crippen molar-refractivity contribution in [2.24, 2.45) is 5.92 Å². The molecule has 0 saturated heterocycles. The Bertz CT molecular complexity index is 215. The number of nitrogens with zero attached hydrogens (tertiary/aromatic N) is 1. The van der Waals surface area contributed by atoms with Crippen molar-refractivity contribution >= 4 is 11.3 Å². The second-order valence-electron chi connectivity index (χ2n) is 3.17. The standard InChI is InChI=1S/C9H15NS/c1-4-8-9(5-7(2)3)11-6-10-8/h6-7H,4-5H2,1-3H3. The summed E-state index contributed by atoms with van der Waals surface area (Å²) in [6, 6.07) is 0. The zero-order chi connectivity index (χ0) is 8.27. The van der Waals surface area contributed by atoms with Gasteiger partial charge in [0.25, 0.3) is 0 Å². The number of thiazole rings is 1. The zero-order valence-corrected chi connectivity index (χ0v) is 8.24. The quantitative estimate of drug-likeness (QED) is 0.678. The average molecular weight is 169 g/mol. The van der Waals surface area contributed by atoms with Gasteiger partial charge in [-0.25, -0.2) is 4.98 Å². The van der Waals surface area contributed by atoms with Crippen LogP contribution in [0.3, 0.4) is 0 Å². The molecule has 0 spiro atoms. The molecule has 0 aliphatic heterocycles.